The standard InChI is InChI=1S/C24H26N4O2/c1-29-20-10-16(14-25)9-19(11-20)17-5-6-18-13-22(28-7-3-2-4-8-28)24(21(18)12-17)15-30-23(26)27-24/h5-6,9-12,22H,2-4,7-8,13,15H2,1H3,(H2,26,27). The Hall–Kier alpha value is -3.04. The van der Waals surface area contributed by atoms with Crippen LogP contribution in [0.15, 0.2) is 41.4 Å². The van der Waals surface area contributed by atoms with Crippen molar-refractivity contribution in [2.75, 3.05) is 26.8 Å². The summed E-state index contributed by atoms with van der Waals surface area (Å²) in [5.41, 5.74) is 10.6. The summed E-state index contributed by atoms with van der Waals surface area (Å²) in [7, 11) is 1.62. The zero-order valence-corrected chi connectivity index (χ0v) is 17.2. The number of hydrogen-bond acceptors (Lipinski definition) is 6. The molecule has 2 unspecified atom stereocenters. The van der Waals surface area contributed by atoms with Crippen molar-refractivity contribution in [3.63, 3.8) is 0 Å². The van der Waals surface area contributed by atoms with Crippen LogP contribution in [0.4, 0.5) is 0 Å². The molecule has 154 valence electrons. The van der Waals surface area contributed by atoms with Crippen molar-refractivity contribution >= 4 is 6.02 Å². The van der Waals surface area contributed by atoms with E-state index in [4.69, 9.17) is 20.2 Å². The first-order valence-corrected chi connectivity index (χ1v) is 10.6. The van der Waals surface area contributed by atoms with E-state index in [-0.39, 0.29) is 12.1 Å². The quantitative estimate of drug-likeness (QED) is 0.852. The Morgan fingerprint density at radius 2 is 2.00 bits per heavy atom. The van der Waals surface area contributed by atoms with Gasteiger partial charge in [0, 0.05) is 6.04 Å². The largest absolute Gasteiger partial charge is 0.497 e. The van der Waals surface area contributed by atoms with Gasteiger partial charge in [-0.05, 0) is 78.9 Å². The molecular formula is C24H26N4O2. The lowest BCUT2D eigenvalue weighted by atomic mass is 9.87. The van der Waals surface area contributed by atoms with E-state index < -0.39 is 5.54 Å². The van der Waals surface area contributed by atoms with Gasteiger partial charge in [0.15, 0.2) is 0 Å². The van der Waals surface area contributed by atoms with Crippen LogP contribution in [-0.4, -0.2) is 43.8 Å². The molecule has 1 fully saturated rings. The van der Waals surface area contributed by atoms with Crippen molar-refractivity contribution < 1.29 is 9.47 Å². The predicted octanol–water partition coefficient (Wildman–Crippen LogP) is 3.18. The Balaban J connectivity index is 1.60. The maximum absolute atomic E-state index is 9.40. The first-order chi connectivity index (χ1) is 14.6. The molecule has 0 saturated carbocycles. The number of rotatable bonds is 3. The first kappa shape index (κ1) is 19.0. The predicted molar refractivity (Wildman–Crippen MR) is 115 cm³/mol. The summed E-state index contributed by atoms with van der Waals surface area (Å²) in [6.45, 7) is 2.69. The Kier molecular flexibility index (Phi) is 4.63. The normalized spacial score (nSPS) is 25.5. The number of nitrogens with zero attached hydrogens (tertiary/aromatic N) is 3. The van der Waals surface area contributed by atoms with Crippen LogP contribution >= 0.6 is 0 Å². The average Bonchev–Trinajstić information content (AvgIpc) is 3.34. The van der Waals surface area contributed by atoms with Crippen molar-refractivity contribution in [2.24, 2.45) is 10.7 Å². The van der Waals surface area contributed by atoms with Crippen molar-refractivity contribution in [2.45, 2.75) is 37.3 Å². The molecule has 0 amide bonds. The number of benzene rings is 2. The van der Waals surface area contributed by atoms with Gasteiger partial charge >= 0.3 is 0 Å². The highest BCUT2D eigenvalue weighted by molar-refractivity contribution is 5.76. The number of aliphatic imine (C=N–C) groups is 1. The van der Waals surface area contributed by atoms with Crippen LogP contribution in [0.5, 0.6) is 5.75 Å². The van der Waals surface area contributed by atoms with Crippen LogP contribution in [0.25, 0.3) is 11.1 Å². The van der Waals surface area contributed by atoms with Crippen LogP contribution in [0.3, 0.4) is 0 Å². The highest BCUT2D eigenvalue weighted by Gasteiger charge is 2.53. The van der Waals surface area contributed by atoms with Gasteiger partial charge in [-0.15, -0.1) is 0 Å². The lowest BCUT2D eigenvalue weighted by Gasteiger charge is -2.39. The maximum Gasteiger partial charge on any atom is 0.283 e. The molecule has 1 aliphatic carbocycles. The van der Waals surface area contributed by atoms with Gasteiger partial charge in [-0.2, -0.15) is 5.26 Å². The van der Waals surface area contributed by atoms with Crippen LogP contribution < -0.4 is 10.5 Å². The number of methoxy groups -OCH3 is 1. The third kappa shape index (κ3) is 3.01. The molecule has 30 heavy (non-hydrogen) atoms. The minimum Gasteiger partial charge on any atom is -0.497 e. The number of nitriles is 1. The SMILES string of the molecule is COc1cc(C#N)cc(-c2ccc3c(c2)C2(COC(N)=N2)C(N2CCCCC2)C3)c1. The van der Waals surface area contributed by atoms with E-state index in [1.807, 2.05) is 12.1 Å². The smallest absolute Gasteiger partial charge is 0.283 e. The Morgan fingerprint density at radius 1 is 1.17 bits per heavy atom. The van der Waals surface area contributed by atoms with Gasteiger partial charge in [0.05, 0.1) is 18.7 Å². The number of amidine groups is 1. The highest BCUT2D eigenvalue weighted by Crippen LogP contribution is 2.47. The van der Waals surface area contributed by atoms with E-state index in [2.05, 4.69) is 29.2 Å². The number of ether oxygens (including phenoxy) is 2. The molecular weight excluding hydrogens is 376 g/mol. The minimum atomic E-state index is -0.455. The molecule has 5 rings (SSSR count). The summed E-state index contributed by atoms with van der Waals surface area (Å²) in [5.74, 6) is 0.678. The molecule has 2 N–H and O–H groups in total. The number of nitrogens with two attached hydrogens (primary N) is 1. The molecule has 3 aliphatic rings. The van der Waals surface area contributed by atoms with Crippen LogP contribution in [0, 0.1) is 11.3 Å². The van der Waals surface area contributed by atoms with E-state index in [0.29, 0.717) is 17.9 Å². The molecule has 0 aromatic heterocycles. The summed E-state index contributed by atoms with van der Waals surface area (Å²) >= 11 is 0. The monoisotopic (exact) mass is 402 g/mol. The number of piperidine rings is 1. The fraction of sp³-hybridized carbons (Fsp3) is 0.417. The number of hydrogen-bond donors (Lipinski definition) is 1. The molecule has 1 spiro atoms. The second-order valence-electron chi connectivity index (χ2n) is 8.41. The molecule has 2 atom stereocenters. The van der Waals surface area contributed by atoms with Gasteiger partial charge in [-0.1, -0.05) is 18.6 Å². The Bertz CT molecular complexity index is 1050. The molecule has 6 heteroatoms. The van der Waals surface area contributed by atoms with E-state index >= 15 is 0 Å². The Labute approximate surface area is 176 Å². The molecule has 0 bridgehead atoms. The summed E-state index contributed by atoms with van der Waals surface area (Å²) in [6, 6.07) is 14.9. The molecule has 2 heterocycles. The summed E-state index contributed by atoms with van der Waals surface area (Å²) in [6.07, 6.45) is 4.72. The molecule has 2 aliphatic heterocycles. The van der Waals surface area contributed by atoms with Crippen LogP contribution in [-0.2, 0) is 16.7 Å². The lowest BCUT2D eigenvalue weighted by Crippen LogP contribution is -2.50. The second kappa shape index (κ2) is 7.33. The zero-order valence-electron chi connectivity index (χ0n) is 17.2. The van der Waals surface area contributed by atoms with Crippen LogP contribution in [0.2, 0.25) is 0 Å². The molecule has 2 aromatic carbocycles. The van der Waals surface area contributed by atoms with Gasteiger partial charge in [0.2, 0.25) is 0 Å². The van der Waals surface area contributed by atoms with Gasteiger partial charge in [0.1, 0.15) is 17.9 Å². The third-order valence-corrected chi connectivity index (χ3v) is 6.73. The lowest BCUT2D eigenvalue weighted by molar-refractivity contribution is 0.0912. The summed E-state index contributed by atoms with van der Waals surface area (Å²) in [4.78, 5) is 7.45. The van der Waals surface area contributed by atoms with Gasteiger partial charge < -0.3 is 15.2 Å². The van der Waals surface area contributed by atoms with Gasteiger partial charge in [-0.25, -0.2) is 4.99 Å². The van der Waals surface area contributed by atoms with Crippen molar-refractivity contribution in [3.8, 4) is 22.9 Å². The van der Waals surface area contributed by atoms with Crippen LogP contribution in [0.1, 0.15) is 36.0 Å². The van der Waals surface area contributed by atoms with E-state index in [0.717, 1.165) is 30.6 Å². The highest BCUT2D eigenvalue weighted by atomic mass is 16.5. The molecule has 1 saturated heterocycles. The van der Waals surface area contributed by atoms with Gasteiger partial charge in [0.25, 0.3) is 6.02 Å². The van der Waals surface area contributed by atoms with Crippen molar-refractivity contribution in [3.05, 3.63) is 53.1 Å². The Morgan fingerprint density at radius 3 is 2.70 bits per heavy atom. The first-order valence-electron chi connectivity index (χ1n) is 10.6. The fourth-order valence-electron chi connectivity index (χ4n) is 5.26. The molecule has 0 radical (unpaired) electrons. The average molecular weight is 402 g/mol. The molecule has 2 aromatic rings. The minimum absolute atomic E-state index is 0.268. The second-order valence-corrected chi connectivity index (χ2v) is 8.41. The topological polar surface area (TPSA) is 83.9 Å². The van der Waals surface area contributed by atoms with Gasteiger partial charge in [-0.3, -0.25) is 4.90 Å². The van der Waals surface area contributed by atoms with Crippen molar-refractivity contribution in [1.29, 1.82) is 5.26 Å². The molecule has 6 nitrogen and oxygen atoms in total. The summed E-state index contributed by atoms with van der Waals surface area (Å²) < 4.78 is 11.1. The van der Waals surface area contributed by atoms with E-state index in [9.17, 15) is 5.26 Å². The third-order valence-electron chi connectivity index (χ3n) is 6.73. The number of fused-ring (bicyclic) bond motifs is 2. The number of likely N-dealkylation sites (tertiary alicyclic amines) is 1. The van der Waals surface area contributed by atoms with E-state index in [1.54, 1.807) is 13.2 Å². The fourth-order valence-corrected chi connectivity index (χ4v) is 5.26. The van der Waals surface area contributed by atoms with Crippen molar-refractivity contribution in [1.82, 2.24) is 4.90 Å². The maximum atomic E-state index is 9.40. The zero-order chi connectivity index (χ0) is 20.7. The van der Waals surface area contributed by atoms with E-state index in [1.165, 1.54) is 30.4 Å². The summed E-state index contributed by atoms with van der Waals surface area (Å²) in [5, 5.41) is 9.40.